The first-order valence-corrected chi connectivity index (χ1v) is 7.11. The molecule has 1 atom stereocenters. The van der Waals surface area contributed by atoms with E-state index < -0.39 is 12.0 Å². The largest absolute Gasteiger partial charge is 0.493 e. The molecule has 1 unspecified atom stereocenters. The molecule has 7 heteroatoms. The van der Waals surface area contributed by atoms with Crippen molar-refractivity contribution in [2.45, 2.75) is 6.04 Å². The van der Waals surface area contributed by atoms with Crippen molar-refractivity contribution in [3.8, 4) is 11.5 Å². The summed E-state index contributed by atoms with van der Waals surface area (Å²) in [4.78, 5) is 25.2. The summed E-state index contributed by atoms with van der Waals surface area (Å²) in [6, 6.07) is 3.75. The van der Waals surface area contributed by atoms with Gasteiger partial charge < -0.3 is 24.2 Å². The van der Waals surface area contributed by atoms with Crippen LogP contribution in [-0.4, -0.2) is 61.4 Å². The van der Waals surface area contributed by atoms with Crippen LogP contribution in [0.4, 0.5) is 0 Å². The first-order valence-electron chi connectivity index (χ1n) is 7.11. The van der Waals surface area contributed by atoms with E-state index in [1.54, 1.807) is 18.2 Å². The van der Waals surface area contributed by atoms with Gasteiger partial charge in [-0.1, -0.05) is 12.7 Å². The summed E-state index contributed by atoms with van der Waals surface area (Å²) < 4.78 is 15.8. The van der Waals surface area contributed by atoms with Crippen molar-refractivity contribution in [2.75, 3.05) is 33.5 Å². The Kier molecular flexibility index (Phi) is 5.59. The molecule has 0 aromatic heterocycles. The van der Waals surface area contributed by atoms with E-state index in [1.807, 2.05) is 0 Å². The summed E-state index contributed by atoms with van der Waals surface area (Å²) in [6.45, 7) is 4.41. The number of carboxylic acids is 1. The van der Waals surface area contributed by atoms with E-state index in [1.165, 1.54) is 18.1 Å². The van der Waals surface area contributed by atoms with Crippen molar-refractivity contribution in [2.24, 2.45) is 0 Å². The average molecular weight is 321 g/mol. The van der Waals surface area contributed by atoms with Crippen LogP contribution < -0.4 is 9.47 Å². The van der Waals surface area contributed by atoms with Gasteiger partial charge in [0, 0.05) is 12.1 Å². The van der Waals surface area contributed by atoms with Crippen LogP contribution >= 0.6 is 0 Å². The van der Waals surface area contributed by atoms with Gasteiger partial charge in [-0.2, -0.15) is 0 Å². The lowest BCUT2D eigenvalue weighted by molar-refractivity contribution is -0.147. The van der Waals surface area contributed by atoms with Gasteiger partial charge in [0.15, 0.2) is 17.5 Å². The van der Waals surface area contributed by atoms with Crippen LogP contribution in [-0.2, 0) is 9.53 Å². The standard InChI is InChI=1S/C16H19NO6/c1-3-7-23-13-5-4-11(9-14(13)21-2)15(18)17-6-8-22-10-12(17)16(19)20/h3-5,9,12H,1,6-8,10H2,2H3,(H,19,20). The van der Waals surface area contributed by atoms with E-state index in [9.17, 15) is 14.7 Å². The van der Waals surface area contributed by atoms with Crippen LogP contribution in [0.1, 0.15) is 10.4 Å². The Morgan fingerprint density at radius 1 is 1.48 bits per heavy atom. The maximum Gasteiger partial charge on any atom is 0.328 e. The van der Waals surface area contributed by atoms with Crippen LogP contribution in [0.5, 0.6) is 11.5 Å². The fraction of sp³-hybridized carbons (Fsp3) is 0.375. The average Bonchev–Trinajstić information content (AvgIpc) is 2.59. The highest BCUT2D eigenvalue weighted by atomic mass is 16.5. The Bertz CT molecular complexity index is 600. The molecular weight excluding hydrogens is 302 g/mol. The molecule has 0 spiro atoms. The summed E-state index contributed by atoms with van der Waals surface area (Å²) in [5.74, 6) is -0.580. The van der Waals surface area contributed by atoms with Crippen molar-refractivity contribution < 1.29 is 28.9 Å². The molecule has 2 rings (SSSR count). The summed E-state index contributed by atoms with van der Waals surface area (Å²) in [5.41, 5.74) is 0.334. The van der Waals surface area contributed by atoms with Gasteiger partial charge in [-0.05, 0) is 18.2 Å². The second kappa shape index (κ2) is 7.64. The molecule has 1 N–H and O–H groups in total. The van der Waals surface area contributed by atoms with E-state index in [-0.39, 0.29) is 19.1 Å². The van der Waals surface area contributed by atoms with Gasteiger partial charge in [-0.25, -0.2) is 4.79 Å². The van der Waals surface area contributed by atoms with Crippen LogP contribution in [0.2, 0.25) is 0 Å². The molecular formula is C16H19NO6. The first kappa shape index (κ1) is 16.8. The van der Waals surface area contributed by atoms with Crippen molar-refractivity contribution in [3.05, 3.63) is 36.4 Å². The maximum absolute atomic E-state index is 12.6. The predicted molar refractivity (Wildman–Crippen MR) is 82.0 cm³/mol. The molecule has 1 fully saturated rings. The summed E-state index contributed by atoms with van der Waals surface area (Å²) in [6.07, 6.45) is 1.60. The van der Waals surface area contributed by atoms with Crippen LogP contribution in [0.3, 0.4) is 0 Å². The Labute approximate surface area is 134 Å². The van der Waals surface area contributed by atoms with Gasteiger partial charge in [0.2, 0.25) is 0 Å². The Morgan fingerprint density at radius 2 is 2.26 bits per heavy atom. The van der Waals surface area contributed by atoms with Gasteiger partial charge in [0.1, 0.15) is 6.61 Å². The minimum Gasteiger partial charge on any atom is -0.493 e. The number of carbonyl (C=O) groups excluding carboxylic acids is 1. The topological polar surface area (TPSA) is 85.3 Å². The number of benzene rings is 1. The highest BCUT2D eigenvalue weighted by Gasteiger charge is 2.33. The smallest absolute Gasteiger partial charge is 0.328 e. The number of carbonyl (C=O) groups is 2. The molecule has 1 aliphatic rings. The normalized spacial score (nSPS) is 17.4. The molecule has 1 aromatic carbocycles. The van der Waals surface area contributed by atoms with Gasteiger partial charge in [-0.15, -0.1) is 0 Å². The number of nitrogens with zero attached hydrogens (tertiary/aromatic N) is 1. The Balaban J connectivity index is 2.24. The van der Waals surface area contributed by atoms with Gasteiger partial charge in [-0.3, -0.25) is 4.79 Å². The lowest BCUT2D eigenvalue weighted by atomic mass is 10.1. The number of aliphatic carboxylic acids is 1. The van der Waals surface area contributed by atoms with E-state index in [0.717, 1.165) is 0 Å². The Morgan fingerprint density at radius 3 is 2.91 bits per heavy atom. The van der Waals surface area contributed by atoms with Crippen LogP contribution in [0.15, 0.2) is 30.9 Å². The molecule has 7 nitrogen and oxygen atoms in total. The number of methoxy groups -OCH3 is 1. The summed E-state index contributed by atoms with van der Waals surface area (Å²) in [5, 5.41) is 9.22. The maximum atomic E-state index is 12.6. The van der Waals surface area contributed by atoms with Gasteiger partial charge in [0.25, 0.3) is 5.91 Å². The minimum atomic E-state index is -1.09. The lowest BCUT2D eigenvalue weighted by Gasteiger charge is -2.33. The number of hydrogen-bond acceptors (Lipinski definition) is 5. The zero-order valence-corrected chi connectivity index (χ0v) is 12.9. The molecule has 23 heavy (non-hydrogen) atoms. The molecule has 0 saturated carbocycles. The molecule has 0 bridgehead atoms. The summed E-state index contributed by atoms with van der Waals surface area (Å²) in [7, 11) is 1.47. The number of rotatable bonds is 6. The second-order valence-electron chi connectivity index (χ2n) is 4.89. The fourth-order valence-corrected chi connectivity index (χ4v) is 2.29. The third-order valence-corrected chi connectivity index (χ3v) is 3.44. The van der Waals surface area contributed by atoms with E-state index in [4.69, 9.17) is 14.2 Å². The van der Waals surface area contributed by atoms with Crippen molar-refractivity contribution in [1.82, 2.24) is 4.90 Å². The van der Waals surface area contributed by atoms with Crippen molar-refractivity contribution in [1.29, 1.82) is 0 Å². The van der Waals surface area contributed by atoms with Crippen molar-refractivity contribution in [3.63, 3.8) is 0 Å². The number of ether oxygens (including phenoxy) is 3. The summed E-state index contributed by atoms with van der Waals surface area (Å²) >= 11 is 0. The number of hydrogen-bond donors (Lipinski definition) is 1. The minimum absolute atomic E-state index is 0.0151. The predicted octanol–water partition coefficient (Wildman–Crippen LogP) is 1.19. The molecule has 1 aromatic rings. The molecule has 124 valence electrons. The van der Waals surface area contributed by atoms with Gasteiger partial charge in [0.05, 0.1) is 20.3 Å². The highest BCUT2D eigenvalue weighted by Crippen LogP contribution is 2.29. The SMILES string of the molecule is C=CCOc1ccc(C(=O)N2CCOCC2C(=O)O)cc1OC. The third-order valence-electron chi connectivity index (χ3n) is 3.44. The molecule has 1 amide bonds. The quantitative estimate of drug-likeness (QED) is 0.792. The lowest BCUT2D eigenvalue weighted by Crippen LogP contribution is -2.52. The second-order valence-corrected chi connectivity index (χ2v) is 4.89. The van der Waals surface area contributed by atoms with E-state index in [2.05, 4.69) is 6.58 Å². The molecule has 0 radical (unpaired) electrons. The number of morpholine rings is 1. The Hall–Kier alpha value is -2.54. The molecule has 1 aliphatic heterocycles. The number of amides is 1. The first-order chi connectivity index (χ1) is 11.1. The van der Waals surface area contributed by atoms with Crippen molar-refractivity contribution >= 4 is 11.9 Å². The third kappa shape index (κ3) is 3.81. The van der Waals surface area contributed by atoms with Crippen LogP contribution in [0, 0.1) is 0 Å². The zero-order chi connectivity index (χ0) is 16.8. The van der Waals surface area contributed by atoms with E-state index in [0.29, 0.717) is 30.3 Å². The molecule has 1 heterocycles. The molecule has 1 saturated heterocycles. The molecule has 0 aliphatic carbocycles. The zero-order valence-electron chi connectivity index (χ0n) is 12.9. The fourth-order valence-electron chi connectivity index (χ4n) is 2.29. The number of carboxylic acid groups (broad SMARTS) is 1. The highest BCUT2D eigenvalue weighted by molar-refractivity contribution is 5.97. The van der Waals surface area contributed by atoms with Crippen LogP contribution in [0.25, 0.3) is 0 Å². The van der Waals surface area contributed by atoms with E-state index >= 15 is 0 Å². The monoisotopic (exact) mass is 321 g/mol. The van der Waals surface area contributed by atoms with Gasteiger partial charge >= 0.3 is 5.97 Å².